The van der Waals surface area contributed by atoms with Crippen LogP contribution in [0.4, 0.5) is 0 Å². The van der Waals surface area contributed by atoms with Gasteiger partial charge in [0.25, 0.3) is 0 Å². The number of benzene rings is 1. The van der Waals surface area contributed by atoms with Crippen LogP contribution in [-0.4, -0.2) is 42.7 Å². The number of hydrogen-bond acceptors (Lipinski definition) is 3. The van der Waals surface area contributed by atoms with Crippen LogP contribution in [-0.2, 0) is 17.9 Å². The zero-order chi connectivity index (χ0) is 17.8. The molecule has 1 fully saturated rings. The molecule has 0 N–H and O–H groups in total. The smallest absolute Gasteiger partial charge is 0.224 e. The predicted octanol–water partition coefficient (Wildman–Crippen LogP) is 3.09. The normalized spacial score (nSPS) is 17.7. The van der Waals surface area contributed by atoms with Crippen LogP contribution in [0.15, 0.2) is 49.1 Å². The second kappa shape index (κ2) is 7.72. The number of nitrogens with zero attached hydrogens (tertiary/aromatic N) is 5. The van der Waals surface area contributed by atoms with E-state index in [1.54, 1.807) is 6.20 Å². The van der Waals surface area contributed by atoms with Crippen molar-refractivity contribution in [3.63, 3.8) is 0 Å². The second-order valence-electron chi connectivity index (χ2n) is 6.97. The van der Waals surface area contributed by atoms with Crippen LogP contribution in [0.1, 0.15) is 32.1 Å². The van der Waals surface area contributed by atoms with Crippen molar-refractivity contribution in [2.24, 2.45) is 0 Å². The summed E-state index contributed by atoms with van der Waals surface area (Å²) >= 11 is 0. The average molecular weight is 351 g/mol. The largest absolute Gasteiger partial charge is 0.340 e. The predicted molar refractivity (Wildman–Crippen MR) is 101 cm³/mol. The molecule has 1 amide bonds. The lowest BCUT2D eigenvalue weighted by atomic mass is 9.99. The summed E-state index contributed by atoms with van der Waals surface area (Å²) in [4.78, 5) is 19.4. The van der Waals surface area contributed by atoms with Gasteiger partial charge in [0.15, 0.2) is 0 Å². The molecule has 1 aliphatic rings. The van der Waals surface area contributed by atoms with E-state index in [2.05, 4.69) is 25.6 Å². The third kappa shape index (κ3) is 3.64. The molecule has 1 atom stereocenters. The van der Waals surface area contributed by atoms with Gasteiger partial charge in [0.2, 0.25) is 5.91 Å². The van der Waals surface area contributed by atoms with E-state index in [1.165, 1.54) is 6.42 Å². The summed E-state index contributed by atoms with van der Waals surface area (Å²) in [6.45, 7) is 2.43. The number of fused-ring (bicyclic) bond motifs is 1. The summed E-state index contributed by atoms with van der Waals surface area (Å²) in [7, 11) is 0. The maximum Gasteiger partial charge on any atom is 0.224 e. The molecule has 6 nitrogen and oxygen atoms in total. The number of rotatable bonds is 6. The van der Waals surface area contributed by atoms with Crippen LogP contribution in [0.25, 0.3) is 11.0 Å². The fraction of sp³-hybridized carbons (Fsp3) is 0.450. The van der Waals surface area contributed by atoms with Gasteiger partial charge in [0.1, 0.15) is 0 Å². The summed E-state index contributed by atoms with van der Waals surface area (Å²) in [5.41, 5.74) is 2.07. The maximum atomic E-state index is 12.9. The molecule has 6 heteroatoms. The molecule has 0 bridgehead atoms. The lowest BCUT2D eigenvalue weighted by molar-refractivity contribution is -0.135. The van der Waals surface area contributed by atoms with Gasteiger partial charge in [-0.1, -0.05) is 12.1 Å². The summed E-state index contributed by atoms with van der Waals surface area (Å²) in [5.74, 6) is 0.257. The molecule has 1 aliphatic heterocycles. The molecular weight excluding hydrogens is 326 g/mol. The highest BCUT2D eigenvalue weighted by Gasteiger charge is 2.26. The lowest BCUT2D eigenvalue weighted by Crippen LogP contribution is -2.44. The Labute approximate surface area is 153 Å². The van der Waals surface area contributed by atoms with Gasteiger partial charge in [0.05, 0.1) is 17.4 Å². The quantitative estimate of drug-likeness (QED) is 0.686. The van der Waals surface area contributed by atoms with Crippen molar-refractivity contribution in [3.8, 4) is 0 Å². The number of carbonyl (C=O) groups excluding carboxylic acids is 1. The highest BCUT2D eigenvalue weighted by atomic mass is 16.2. The van der Waals surface area contributed by atoms with E-state index in [-0.39, 0.29) is 5.91 Å². The zero-order valence-electron chi connectivity index (χ0n) is 15.0. The van der Waals surface area contributed by atoms with Gasteiger partial charge in [-0.25, -0.2) is 4.98 Å². The third-order valence-corrected chi connectivity index (χ3v) is 5.29. The van der Waals surface area contributed by atoms with Crippen LogP contribution in [0, 0.1) is 0 Å². The number of aryl methyl sites for hydroxylation is 2. The Morgan fingerprint density at radius 3 is 2.96 bits per heavy atom. The number of carbonyl (C=O) groups is 1. The van der Waals surface area contributed by atoms with E-state index in [9.17, 15) is 4.79 Å². The minimum Gasteiger partial charge on any atom is -0.340 e. The molecule has 0 spiro atoms. The molecule has 3 aromatic rings. The Bertz CT molecular complexity index is 854. The van der Waals surface area contributed by atoms with Crippen molar-refractivity contribution in [2.75, 3.05) is 6.54 Å². The number of likely N-dealkylation sites (tertiary alicyclic amines) is 1. The van der Waals surface area contributed by atoms with Crippen molar-refractivity contribution in [3.05, 3.63) is 49.1 Å². The summed E-state index contributed by atoms with van der Waals surface area (Å²) < 4.78 is 4.03. The van der Waals surface area contributed by atoms with E-state index in [0.29, 0.717) is 19.0 Å². The molecular formula is C20H25N5O. The van der Waals surface area contributed by atoms with Crippen LogP contribution < -0.4 is 0 Å². The first-order chi connectivity index (χ1) is 12.8. The fourth-order valence-corrected chi connectivity index (χ4v) is 3.89. The molecule has 0 aliphatic carbocycles. The Hall–Kier alpha value is -2.63. The van der Waals surface area contributed by atoms with Crippen LogP contribution in [0.3, 0.4) is 0 Å². The van der Waals surface area contributed by atoms with Crippen molar-refractivity contribution >= 4 is 16.9 Å². The Kier molecular flexibility index (Phi) is 5.00. The molecule has 1 aromatic carbocycles. The zero-order valence-corrected chi connectivity index (χ0v) is 15.0. The van der Waals surface area contributed by atoms with Gasteiger partial charge in [-0.3, -0.25) is 9.48 Å². The topological polar surface area (TPSA) is 56.0 Å². The maximum absolute atomic E-state index is 12.9. The van der Waals surface area contributed by atoms with E-state index in [4.69, 9.17) is 0 Å². The Morgan fingerprint density at radius 1 is 1.15 bits per heavy atom. The number of para-hydroxylation sites is 2. The molecule has 136 valence electrons. The number of amides is 1. The van der Waals surface area contributed by atoms with Gasteiger partial charge < -0.3 is 9.47 Å². The Balaban J connectivity index is 1.37. The molecule has 0 unspecified atom stereocenters. The van der Waals surface area contributed by atoms with Gasteiger partial charge in [0, 0.05) is 44.5 Å². The van der Waals surface area contributed by atoms with Crippen LogP contribution in [0.2, 0.25) is 0 Å². The fourth-order valence-electron chi connectivity index (χ4n) is 3.89. The first-order valence-electron chi connectivity index (χ1n) is 9.48. The molecule has 26 heavy (non-hydrogen) atoms. The van der Waals surface area contributed by atoms with E-state index < -0.39 is 0 Å². The Morgan fingerprint density at radius 2 is 2.08 bits per heavy atom. The molecule has 1 saturated heterocycles. The van der Waals surface area contributed by atoms with E-state index >= 15 is 0 Å². The number of imidazole rings is 1. The number of hydrogen-bond donors (Lipinski definition) is 0. The molecule has 3 heterocycles. The molecule has 4 rings (SSSR count). The first-order valence-corrected chi connectivity index (χ1v) is 9.48. The van der Waals surface area contributed by atoms with Crippen molar-refractivity contribution in [1.82, 2.24) is 24.2 Å². The summed E-state index contributed by atoms with van der Waals surface area (Å²) in [6, 6.07) is 10.3. The van der Waals surface area contributed by atoms with E-state index in [0.717, 1.165) is 43.4 Å². The van der Waals surface area contributed by atoms with Crippen molar-refractivity contribution in [2.45, 2.75) is 51.2 Å². The molecule has 0 radical (unpaired) electrons. The number of piperidine rings is 1. The minimum atomic E-state index is 0.257. The monoisotopic (exact) mass is 351 g/mol. The SMILES string of the molecule is O=C(CCn1cnc2ccccc21)N1CCCC[C@H]1CCn1cccn1. The minimum absolute atomic E-state index is 0.257. The molecule has 2 aromatic heterocycles. The highest BCUT2D eigenvalue weighted by molar-refractivity contribution is 5.78. The van der Waals surface area contributed by atoms with Crippen molar-refractivity contribution in [1.29, 1.82) is 0 Å². The highest BCUT2D eigenvalue weighted by Crippen LogP contribution is 2.22. The van der Waals surface area contributed by atoms with Gasteiger partial charge >= 0.3 is 0 Å². The number of aromatic nitrogens is 4. The summed E-state index contributed by atoms with van der Waals surface area (Å²) in [5, 5.41) is 4.27. The molecule has 0 saturated carbocycles. The third-order valence-electron chi connectivity index (χ3n) is 5.29. The van der Waals surface area contributed by atoms with Gasteiger partial charge in [-0.2, -0.15) is 5.10 Å². The van der Waals surface area contributed by atoms with Gasteiger partial charge in [-0.05, 0) is 43.9 Å². The average Bonchev–Trinajstić information content (AvgIpc) is 3.34. The van der Waals surface area contributed by atoms with E-state index in [1.807, 2.05) is 41.5 Å². The van der Waals surface area contributed by atoms with Crippen LogP contribution in [0.5, 0.6) is 0 Å². The van der Waals surface area contributed by atoms with Crippen LogP contribution >= 0.6 is 0 Å². The summed E-state index contributed by atoms with van der Waals surface area (Å²) in [6.07, 6.45) is 10.5. The first kappa shape index (κ1) is 16.8. The second-order valence-corrected chi connectivity index (χ2v) is 6.97. The van der Waals surface area contributed by atoms with Crippen molar-refractivity contribution < 1.29 is 4.79 Å². The standard InChI is InChI=1S/C20H25N5O/c26-20(10-14-23-16-21-18-7-1-2-8-19(18)23)25-13-4-3-6-17(25)9-15-24-12-5-11-22-24/h1-2,5,7-8,11-12,16-17H,3-4,6,9-10,13-15H2/t17-/m0/s1. The van der Waals surface area contributed by atoms with Gasteiger partial charge in [-0.15, -0.1) is 0 Å². The lowest BCUT2D eigenvalue weighted by Gasteiger charge is -2.36.